The van der Waals surface area contributed by atoms with Crippen LogP contribution in [-0.2, 0) is 4.79 Å². The molecule has 0 unspecified atom stereocenters. The number of rotatable bonds is 4. The number of fused-ring (bicyclic) bond motifs is 1. The van der Waals surface area contributed by atoms with Crippen molar-refractivity contribution in [1.29, 1.82) is 0 Å². The van der Waals surface area contributed by atoms with Gasteiger partial charge >= 0.3 is 0 Å². The van der Waals surface area contributed by atoms with E-state index in [0.29, 0.717) is 5.76 Å². The summed E-state index contributed by atoms with van der Waals surface area (Å²) in [4.78, 5) is 18.6. The van der Waals surface area contributed by atoms with Crippen LogP contribution in [-0.4, -0.2) is 25.0 Å². The maximum atomic E-state index is 12.0. The molecule has 0 bridgehead atoms. The lowest BCUT2D eigenvalue weighted by Crippen LogP contribution is -2.11. The number of anilines is 2. The fourth-order valence-corrected chi connectivity index (χ4v) is 2.41. The van der Waals surface area contributed by atoms with E-state index < -0.39 is 0 Å². The third-order valence-corrected chi connectivity index (χ3v) is 3.67. The second kappa shape index (κ2) is 6.58. The molecule has 5 heteroatoms. The predicted octanol–water partition coefficient (Wildman–Crippen LogP) is 3.85. The summed E-state index contributed by atoms with van der Waals surface area (Å²) in [6, 6.07) is 11.3. The minimum Gasteiger partial charge on any atom is -0.465 e. The first kappa shape index (κ1) is 15.8. The van der Waals surface area contributed by atoms with Gasteiger partial charge in [0.25, 0.3) is 0 Å². The lowest BCUT2D eigenvalue weighted by Gasteiger charge is -2.14. The van der Waals surface area contributed by atoms with E-state index in [1.54, 1.807) is 24.5 Å². The second-order valence-electron chi connectivity index (χ2n) is 5.76. The molecular formula is C19H19N3O2. The molecular weight excluding hydrogens is 302 g/mol. The van der Waals surface area contributed by atoms with Crippen LogP contribution in [0.2, 0.25) is 0 Å². The molecule has 0 atom stereocenters. The van der Waals surface area contributed by atoms with Crippen molar-refractivity contribution in [1.82, 2.24) is 4.98 Å². The molecule has 0 aliphatic heterocycles. The van der Waals surface area contributed by atoms with E-state index >= 15 is 0 Å². The summed E-state index contributed by atoms with van der Waals surface area (Å²) >= 11 is 0. The van der Waals surface area contributed by atoms with E-state index in [0.717, 1.165) is 28.0 Å². The molecule has 1 N–H and O–H groups in total. The van der Waals surface area contributed by atoms with Gasteiger partial charge in [0.1, 0.15) is 11.6 Å². The number of aromatic nitrogens is 1. The molecule has 3 rings (SSSR count). The Kier molecular flexibility index (Phi) is 4.33. The van der Waals surface area contributed by atoms with E-state index in [2.05, 4.69) is 10.3 Å². The summed E-state index contributed by atoms with van der Waals surface area (Å²) < 4.78 is 5.16. The van der Waals surface area contributed by atoms with E-state index in [-0.39, 0.29) is 5.91 Å². The number of aryl methyl sites for hydroxylation is 1. The molecule has 0 saturated heterocycles. The average Bonchev–Trinajstić information content (AvgIpc) is 3.06. The van der Waals surface area contributed by atoms with Crippen molar-refractivity contribution >= 4 is 34.4 Å². The highest BCUT2D eigenvalue weighted by Crippen LogP contribution is 2.24. The summed E-state index contributed by atoms with van der Waals surface area (Å²) in [5.41, 5.74) is 2.76. The number of nitrogens with zero attached hydrogens (tertiary/aromatic N) is 2. The predicted molar refractivity (Wildman–Crippen MR) is 97.2 cm³/mol. The van der Waals surface area contributed by atoms with Crippen LogP contribution in [0.15, 0.2) is 53.2 Å². The molecule has 122 valence electrons. The standard InChI is InChI=1S/C19H19N3O2/c1-13-11-18(22(2)3)21-17-8-6-14(12-16(13)17)20-19(23)9-7-15-5-4-10-24-15/h4-12H,1-3H3,(H,20,23)/b9-7+. The van der Waals surface area contributed by atoms with Gasteiger partial charge < -0.3 is 14.6 Å². The van der Waals surface area contributed by atoms with E-state index in [1.807, 2.05) is 50.2 Å². The zero-order valence-electron chi connectivity index (χ0n) is 13.9. The summed E-state index contributed by atoms with van der Waals surface area (Å²) in [5.74, 6) is 1.35. The van der Waals surface area contributed by atoms with Crippen LogP contribution in [0.1, 0.15) is 11.3 Å². The number of amides is 1. The van der Waals surface area contributed by atoms with Gasteiger partial charge in [-0.2, -0.15) is 0 Å². The molecule has 5 nitrogen and oxygen atoms in total. The number of hydrogen-bond acceptors (Lipinski definition) is 4. The summed E-state index contributed by atoms with van der Waals surface area (Å²) in [6.45, 7) is 2.04. The second-order valence-corrected chi connectivity index (χ2v) is 5.76. The molecule has 24 heavy (non-hydrogen) atoms. The fraction of sp³-hybridized carbons (Fsp3) is 0.158. The Balaban J connectivity index is 1.81. The first-order chi connectivity index (χ1) is 11.5. The van der Waals surface area contributed by atoms with Crippen molar-refractivity contribution in [3.05, 3.63) is 60.1 Å². The van der Waals surface area contributed by atoms with Gasteiger partial charge in [0.15, 0.2) is 0 Å². The molecule has 0 aliphatic carbocycles. The van der Waals surface area contributed by atoms with Crippen LogP contribution in [0.5, 0.6) is 0 Å². The monoisotopic (exact) mass is 321 g/mol. The zero-order valence-corrected chi connectivity index (χ0v) is 13.9. The highest BCUT2D eigenvalue weighted by molar-refractivity contribution is 6.03. The average molecular weight is 321 g/mol. The molecule has 1 aromatic carbocycles. The van der Waals surface area contributed by atoms with Gasteiger partial charge in [0, 0.05) is 31.2 Å². The minimum absolute atomic E-state index is 0.207. The van der Waals surface area contributed by atoms with E-state index in [1.165, 1.54) is 6.08 Å². The Labute approximate surface area is 140 Å². The van der Waals surface area contributed by atoms with Crippen molar-refractivity contribution in [3.63, 3.8) is 0 Å². The quantitative estimate of drug-likeness (QED) is 0.741. The third-order valence-electron chi connectivity index (χ3n) is 3.67. The van der Waals surface area contributed by atoms with Crippen molar-refractivity contribution in [2.75, 3.05) is 24.3 Å². The highest BCUT2D eigenvalue weighted by atomic mass is 16.3. The number of benzene rings is 1. The normalized spacial score (nSPS) is 11.1. The summed E-state index contributed by atoms with van der Waals surface area (Å²) in [7, 11) is 3.93. The topological polar surface area (TPSA) is 58.4 Å². The Morgan fingerprint density at radius 1 is 1.25 bits per heavy atom. The van der Waals surface area contributed by atoms with Crippen LogP contribution in [0.3, 0.4) is 0 Å². The van der Waals surface area contributed by atoms with Gasteiger partial charge in [-0.05, 0) is 55.0 Å². The Bertz CT molecular complexity index is 896. The molecule has 1 amide bonds. The number of carbonyl (C=O) groups is 1. The molecule has 0 aliphatic rings. The summed E-state index contributed by atoms with van der Waals surface area (Å²) in [5, 5.41) is 3.88. The highest BCUT2D eigenvalue weighted by Gasteiger charge is 2.06. The van der Waals surface area contributed by atoms with Crippen LogP contribution >= 0.6 is 0 Å². The molecule has 0 fully saturated rings. The van der Waals surface area contributed by atoms with Crippen LogP contribution < -0.4 is 10.2 Å². The molecule has 2 heterocycles. The van der Waals surface area contributed by atoms with Crippen molar-refractivity contribution < 1.29 is 9.21 Å². The molecule has 0 spiro atoms. The first-order valence-electron chi connectivity index (χ1n) is 7.64. The lowest BCUT2D eigenvalue weighted by atomic mass is 10.1. The third kappa shape index (κ3) is 3.46. The van der Waals surface area contributed by atoms with Crippen molar-refractivity contribution in [2.24, 2.45) is 0 Å². The maximum Gasteiger partial charge on any atom is 0.248 e. The SMILES string of the molecule is Cc1cc(N(C)C)nc2ccc(NC(=O)/C=C/c3ccco3)cc12. The van der Waals surface area contributed by atoms with Gasteiger partial charge in [0.2, 0.25) is 5.91 Å². The lowest BCUT2D eigenvalue weighted by molar-refractivity contribution is -0.111. The molecule has 0 radical (unpaired) electrons. The summed E-state index contributed by atoms with van der Waals surface area (Å²) in [6.07, 6.45) is 4.65. The van der Waals surface area contributed by atoms with Crippen LogP contribution in [0.4, 0.5) is 11.5 Å². The van der Waals surface area contributed by atoms with Gasteiger partial charge in [-0.25, -0.2) is 4.98 Å². The minimum atomic E-state index is -0.207. The van der Waals surface area contributed by atoms with Gasteiger partial charge in [-0.15, -0.1) is 0 Å². The number of hydrogen-bond donors (Lipinski definition) is 1. The Morgan fingerprint density at radius 2 is 2.08 bits per heavy atom. The number of nitrogens with one attached hydrogen (secondary N) is 1. The zero-order chi connectivity index (χ0) is 17.1. The van der Waals surface area contributed by atoms with Crippen molar-refractivity contribution in [2.45, 2.75) is 6.92 Å². The number of furan rings is 1. The Hall–Kier alpha value is -3.08. The smallest absolute Gasteiger partial charge is 0.248 e. The maximum absolute atomic E-state index is 12.0. The first-order valence-corrected chi connectivity index (χ1v) is 7.64. The van der Waals surface area contributed by atoms with E-state index in [4.69, 9.17) is 4.42 Å². The van der Waals surface area contributed by atoms with Gasteiger partial charge in [0.05, 0.1) is 11.8 Å². The van der Waals surface area contributed by atoms with Crippen molar-refractivity contribution in [3.8, 4) is 0 Å². The molecule has 0 saturated carbocycles. The molecule has 2 aromatic heterocycles. The Morgan fingerprint density at radius 3 is 2.79 bits per heavy atom. The number of carbonyl (C=O) groups excluding carboxylic acids is 1. The van der Waals surface area contributed by atoms with Gasteiger partial charge in [-0.3, -0.25) is 4.79 Å². The number of pyridine rings is 1. The fourth-order valence-electron chi connectivity index (χ4n) is 2.41. The van der Waals surface area contributed by atoms with Crippen LogP contribution in [0, 0.1) is 6.92 Å². The van der Waals surface area contributed by atoms with E-state index in [9.17, 15) is 4.79 Å². The van der Waals surface area contributed by atoms with Gasteiger partial charge in [-0.1, -0.05) is 0 Å². The largest absolute Gasteiger partial charge is 0.465 e. The van der Waals surface area contributed by atoms with Crippen LogP contribution in [0.25, 0.3) is 17.0 Å². The molecule has 3 aromatic rings.